The van der Waals surface area contributed by atoms with E-state index in [4.69, 9.17) is 13.9 Å². The van der Waals surface area contributed by atoms with Gasteiger partial charge in [0.25, 0.3) is 5.91 Å². The van der Waals surface area contributed by atoms with Crippen molar-refractivity contribution in [1.29, 1.82) is 0 Å². The molecule has 2 fully saturated rings. The molecule has 0 radical (unpaired) electrons. The smallest absolute Gasteiger partial charge is 0.290 e. The molecule has 0 aliphatic carbocycles. The molecular formula is C22H27N3O7S. The minimum Gasteiger partial charge on any atom is -0.495 e. The Morgan fingerprint density at radius 2 is 1.91 bits per heavy atom. The minimum atomic E-state index is -3.75. The van der Waals surface area contributed by atoms with E-state index in [2.05, 4.69) is 5.32 Å². The molecule has 2 aliphatic heterocycles. The zero-order valence-corrected chi connectivity index (χ0v) is 19.2. The van der Waals surface area contributed by atoms with E-state index in [1.165, 1.54) is 40.8 Å². The Bertz CT molecular complexity index is 1100. The fourth-order valence-corrected chi connectivity index (χ4v) is 5.52. The molecule has 178 valence electrons. The first kappa shape index (κ1) is 23.3. The molecule has 33 heavy (non-hydrogen) atoms. The molecule has 0 spiro atoms. The Morgan fingerprint density at radius 3 is 2.61 bits per heavy atom. The summed E-state index contributed by atoms with van der Waals surface area (Å²) < 4.78 is 43.3. The first-order valence-corrected chi connectivity index (χ1v) is 12.3. The lowest BCUT2D eigenvalue weighted by atomic mass is 10.0. The van der Waals surface area contributed by atoms with E-state index >= 15 is 0 Å². The number of furan rings is 1. The molecule has 11 heteroatoms. The van der Waals surface area contributed by atoms with Crippen molar-refractivity contribution in [3.8, 4) is 5.75 Å². The number of methoxy groups -OCH3 is 1. The second-order valence-corrected chi connectivity index (χ2v) is 9.79. The van der Waals surface area contributed by atoms with Crippen LogP contribution in [0.2, 0.25) is 0 Å². The van der Waals surface area contributed by atoms with Crippen molar-refractivity contribution in [2.45, 2.75) is 30.2 Å². The highest BCUT2D eigenvalue weighted by atomic mass is 32.2. The summed E-state index contributed by atoms with van der Waals surface area (Å²) >= 11 is 0. The van der Waals surface area contributed by atoms with Crippen LogP contribution < -0.4 is 10.1 Å². The number of carbonyl (C=O) groups is 2. The first-order chi connectivity index (χ1) is 15.9. The lowest BCUT2D eigenvalue weighted by Crippen LogP contribution is -2.50. The molecule has 10 nitrogen and oxygen atoms in total. The Labute approximate surface area is 192 Å². The van der Waals surface area contributed by atoms with Gasteiger partial charge in [0.15, 0.2) is 5.76 Å². The first-order valence-electron chi connectivity index (χ1n) is 10.8. The highest BCUT2D eigenvalue weighted by molar-refractivity contribution is 7.89. The van der Waals surface area contributed by atoms with Crippen molar-refractivity contribution in [2.75, 3.05) is 45.3 Å². The number of rotatable bonds is 6. The van der Waals surface area contributed by atoms with E-state index in [1.54, 1.807) is 12.1 Å². The summed E-state index contributed by atoms with van der Waals surface area (Å²) in [7, 11) is -2.32. The van der Waals surface area contributed by atoms with Gasteiger partial charge in [-0.2, -0.15) is 4.31 Å². The monoisotopic (exact) mass is 477 g/mol. The number of benzene rings is 1. The molecule has 3 heterocycles. The van der Waals surface area contributed by atoms with Crippen LogP contribution in [0.5, 0.6) is 5.75 Å². The number of likely N-dealkylation sites (tertiary alicyclic amines) is 1. The number of nitrogens with one attached hydrogen (secondary N) is 1. The van der Waals surface area contributed by atoms with Crippen molar-refractivity contribution >= 4 is 27.5 Å². The van der Waals surface area contributed by atoms with Crippen molar-refractivity contribution in [2.24, 2.45) is 0 Å². The summed E-state index contributed by atoms with van der Waals surface area (Å²) in [5, 5.41) is 2.78. The molecule has 1 unspecified atom stereocenters. The van der Waals surface area contributed by atoms with Gasteiger partial charge in [0.2, 0.25) is 15.9 Å². The van der Waals surface area contributed by atoms with Crippen LogP contribution in [0, 0.1) is 0 Å². The van der Waals surface area contributed by atoms with Gasteiger partial charge in [0.05, 0.1) is 37.2 Å². The van der Waals surface area contributed by atoms with Gasteiger partial charge in [-0.3, -0.25) is 9.59 Å². The second kappa shape index (κ2) is 9.94. The maximum Gasteiger partial charge on any atom is 0.290 e. The zero-order chi connectivity index (χ0) is 23.4. The van der Waals surface area contributed by atoms with Crippen LogP contribution in [0.15, 0.2) is 45.9 Å². The summed E-state index contributed by atoms with van der Waals surface area (Å²) in [4.78, 5) is 27.6. The number of nitrogens with zero attached hydrogens (tertiary/aromatic N) is 2. The molecule has 2 aliphatic rings. The SMILES string of the molecule is COc1ccc(S(=O)(=O)N2CCOCC2)cc1NC(=O)C1CCCCN1C(=O)c1ccco1. The third kappa shape index (κ3) is 4.90. The normalized spacial score (nSPS) is 19.8. The van der Waals surface area contributed by atoms with Gasteiger partial charge in [-0.05, 0) is 49.6 Å². The standard InChI is InChI=1S/C22H27N3O7S/c1-30-19-8-7-16(33(28,29)24-10-13-31-14-11-24)15-17(19)23-21(26)18-5-2-3-9-25(18)22(27)20-6-4-12-32-20/h4,6-8,12,15,18H,2-3,5,9-11,13-14H2,1H3,(H,23,26). The summed E-state index contributed by atoms with van der Waals surface area (Å²) in [6.07, 6.45) is 3.49. The maximum absolute atomic E-state index is 13.2. The van der Waals surface area contributed by atoms with E-state index < -0.39 is 22.0 Å². The predicted molar refractivity (Wildman–Crippen MR) is 119 cm³/mol. The number of ether oxygens (including phenoxy) is 2. The van der Waals surface area contributed by atoms with Crippen LogP contribution in [-0.2, 0) is 19.6 Å². The number of piperidine rings is 1. The number of hydrogen-bond donors (Lipinski definition) is 1. The van der Waals surface area contributed by atoms with Crippen LogP contribution in [0.25, 0.3) is 0 Å². The van der Waals surface area contributed by atoms with Gasteiger partial charge in [-0.25, -0.2) is 8.42 Å². The van der Waals surface area contributed by atoms with Gasteiger partial charge >= 0.3 is 0 Å². The van der Waals surface area contributed by atoms with Gasteiger partial charge in [-0.1, -0.05) is 0 Å². The van der Waals surface area contributed by atoms with Crippen molar-refractivity contribution < 1.29 is 31.9 Å². The van der Waals surface area contributed by atoms with E-state index in [1.807, 2.05) is 0 Å². The van der Waals surface area contributed by atoms with Crippen molar-refractivity contribution in [3.63, 3.8) is 0 Å². The molecule has 4 rings (SSSR count). The summed E-state index contributed by atoms with van der Waals surface area (Å²) in [6.45, 7) is 1.63. The van der Waals surface area contributed by atoms with Crippen molar-refractivity contribution in [3.05, 3.63) is 42.4 Å². The van der Waals surface area contributed by atoms with Gasteiger partial charge < -0.3 is 24.1 Å². The number of amides is 2. The average molecular weight is 478 g/mol. The van der Waals surface area contributed by atoms with Gasteiger partial charge in [0.1, 0.15) is 11.8 Å². The molecule has 0 saturated carbocycles. The Kier molecular flexibility index (Phi) is 7.01. The lowest BCUT2D eigenvalue weighted by molar-refractivity contribution is -0.121. The van der Waals surface area contributed by atoms with E-state index in [9.17, 15) is 18.0 Å². The third-order valence-electron chi connectivity index (χ3n) is 5.83. The molecule has 2 aromatic rings. The largest absolute Gasteiger partial charge is 0.495 e. The van der Waals surface area contributed by atoms with Crippen molar-refractivity contribution in [1.82, 2.24) is 9.21 Å². The molecule has 0 bridgehead atoms. The van der Waals surface area contributed by atoms with E-state index in [0.29, 0.717) is 31.9 Å². The Morgan fingerprint density at radius 1 is 1.12 bits per heavy atom. The van der Waals surface area contributed by atoms with E-state index in [0.717, 1.165) is 12.8 Å². The Hall–Kier alpha value is -2.89. The highest BCUT2D eigenvalue weighted by Crippen LogP contribution is 2.30. The zero-order valence-electron chi connectivity index (χ0n) is 18.4. The third-order valence-corrected chi connectivity index (χ3v) is 7.73. The number of morpholine rings is 1. The molecule has 2 saturated heterocycles. The Balaban J connectivity index is 1.57. The molecule has 1 aromatic heterocycles. The lowest BCUT2D eigenvalue weighted by Gasteiger charge is -2.34. The van der Waals surface area contributed by atoms with Gasteiger partial charge in [0, 0.05) is 19.6 Å². The average Bonchev–Trinajstić information content (AvgIpc) is 3.39. The maximum atomic E-state index is 13.2. The molecule has 1 N–H and O–H groups in total. The quantitative estimate of drug-likeness (QED) is 0.675. The topological polar surface area (TPSA) is 118 Å². The van der Waals surface area contributed by atoms with E-state index in [-0.39, 0.29) is 35.3 Å². The summed E-state index contributed by atoms with van der Waals surface area (Å²) in [6, 6.07) is 6.83. The van der Waals surface area contributed by atoms with Crippen LogP contribution >= 0.6 is 0 Å². The number of sulfonamides is 1. The van der Waals surface area contributed by atoms with Gasteiger partial charge in [-0.15, -0.1) is 0 Å². The molecule has 2 amide bonds. The summed E-state index contributed by atoms with van der Waals surface area (Å²) in [5.74, 6) is -0.265. The number of carbonyl (C=O) groups excluding carboxylic acids is 2. The molecular weight excluding hydrogens is 450 g/mol. The highest BCUT2D eigenvalue weighted by Gasteiger charge is 2.34. The molecule has 1 atom stereocenters. The number of hydrogen-bond acceptors (Lipinski definition) is 7. The van der Waals surface area contributed by atoms with Crippen LogP contribution in [0.3, 0.4) is 0 Å². The fourth-order valence-electron chi connectivity index (χ4n) is 4.09. The van der Waals surface area contributed by atoms with Crippen LogP contribution in [0.4, 0.5) is 5.69 Å². The summed E-state index contributed by atoms with van der Waals surface area (Å²) in [5.41, 5.74) is 0.229. The predicted octanol–water partition coefficient (Wildman–Crippen LogP) is 1.94. The van der Waals surface area contributed by atoms with Crippen LogP contribution in [0.1, 0.15) is 29.8 Å². The second-order valence-electron chi connectivity index (χ2n) is 7.86. The van der Waals surface area contributed by atoms with Crippen LogP contribution in [-0.4, -0.2) is 75.4 Å². The molecule has 1 aromatic carbocycles. The minimum absolute atomic E-state index is 0.0488. The fraction of sp³-hybridized carbons (Fsp3) is 0.455. The number of anilines is 1.